The second-order valence-corrected chi connectivity index (χ2v) is 5.38. The SMILES string of the molecule is [C-]#[N+]c1ccc2nc(Oc3ccc4c(c3)COB4O)cc(F)c2c1. The minimum absolute atomic E-state index is 0.120. The van der Waals surface area contributed by atoms with Gasteiger partial charge in [-0.25, -0.2) is 14.2 Å². The van der Waals surface area contributed by atoms with Crippen LogP contribution in [0.25, 0.3) is 15.7 Å². The number of aromatic nitrogens is 1. The molecule has 0 saturated carbocycles. The van der Waals surface area contributed by atoms with E-state index in [9.17, 15) is 9.41 Å². The van der Waals surface area contributed by atoms with Crippen LogP contribution < -0.4 is 10.2 Å². The smallest absolute Gasteiger partial charge is 0.439 e. The Morgan fingerprint density at radius 3 is 2.96 bits per heavy atom. The van der Waals surface area contributed by atoms with Gasteiger partial charge in [0.1, 0.15) is 11.6 Å². The van der Waals surface area contributed by atoms with E-state index in [1.165, 1.54) is 12.1 Å². The van der Waals surface area contributed by atoms with E-state index in [1.54, 1.807) is 30.3 Å². The summed E-state index contributed by atoms with van der Waals surface area (Å²) in [6, 6.07) is 10.9. The Morgan fingerprint density at radius 2 is 2.12 bits per heavy atom. The van der Waals surface area contributed by atoms with E-state index in [4.69, 9.17) is 16.0 Å². The standard InChI is InChI=1S/C17H10BFN2O3/c1-20-11-2-5-16-13(7-11)15(19)8-17(21-16)24-12-3-4-14-10(6-12)9-23-18(14)22/h2-8,22H,9H2. The summed E-state index contributed by atoms with van der Waals surface area (Å²) in [7, 11) is -0.915. The van der Waals surface area contributed by atoms with Crippen LogP contribution in [0.2, 0.25) is 0 Å². The summed E-state index contributed by atoms with van der Waals surface area (Å²) in [5.41, 5.74) is 2.29. The highest BCUT2D eigenvalue weighted by Gasteiger charge is 2.27. The van der Waals surface area contributed by atoms with Crippen molar-refractivity contribution in [2.45, 2.75) is 6.61 Å². The molecule has 0 fully saturated rings. The van der Waals surface area contributed by atoms with E-state index in [-0.39, 0.29) is 11.3 Å². The topological polar surface area (TPSA) is 55.9 Å². The molecule has 0 atom stereocenters. The summed E-state index contributed by atoms with van der Waals surface area (Å²) in [6.45, 7) is 7.28. The second-order valence-electron chi connectivity index (χ2n) is 5.38. The van der Waals surface area contributed by atoms with Gasteiger partial charge in [-0.15, -0.1) is 0 Å². The van der Waals surface area contributed by atoms with E-state index in [1.807, 2.05) is 0 Å². The van der Waals surface area contributed by atoms with E-state index < -0.39 is 12.9 Å². The molecule has 3 aromatic rings. The van der Waals surface area contributed by atoms with Gasteiger partial charge < -0.3 is 14.4 Å². The predicted octanol–water partition coefficient (Wildman–Crippen LogP) is 2.93. The molecule has 4 rings (SSSR count). The lowest BCUT2D eigenvalue weighted by molar-refractivity contribution is 0.275. The lowest BCUT2D eigenvalue weighted by atomic mass is 9.80. The van der Waals surface area contributed by atoms with Crippen LogP contribution in [-0.4, -0.2) is 17.1 Å². The van der Waals surface area contributed by atoms with Crippen molar-refractivity contribution >= 4 is 29.2 Å². The summed E-state index contributed by atoms with van der Waals surface area (Å²) in [4.78, 5) is 7.55. The Labute approximate surface area is 137 Å². The van der Waals surface area contributed by atoms with Crippen LogP contribution in [0.4, 0.5) is 10.1 Å². The maximum atomic E-state index is 14.3. The number of nitrogens with zero attached hydrogens (tertiary/aromatic N) is 2. The van der Waals surface area contributed by atoms with Crippen LogP contribution in [-0.2, 0) is 11.3 Å². The molecule has 5 nitrogen and oxygen atoms in total. The number of hydrogen-bond acceptors (Lipinski definition) is 4. The van der Waals surface area contributed by atoms with Crippen molar-refractivity contribution in [2.24, 2.45) is 0 Å². The van der Waals surface area contributed by atoms with Crippen molar-refractivity contribution in [3.8, 4) is 11.6 Å². The maximum Gasteiger partial charge on any atom is 0.491 e. The zero-order chi connectivity index (χ0) is 16.7. The Morgan fingerprint density at radius 1 is 1.25 bits per heavy atom. The van der Waals surface area contributed by atoms with E-state index in [0.717, 1.165) is 5.56 Å². The molecule has 0 aliphatic carbocycles. The minimum Gasteiger partial charge on any atom is -0.439 e. The molecule has 0 saturated heterocycles. The van der Waals surface area contributed by atoms with Crippen molar-refractivity contribution < 1.29 is 18.8 Å². The van der Waals surface area contributed by atoms with E-state index in [0.29, 0.717) is 29.0 Å². The molecule has 1 N–H and O–H groups in total. The fourth-order valence-corrected chi connectivity index (χ4v) is 2.66. The number of rotatable bonds is 2. The number of halogens is 1. The van der Waals surface area contributed by atoms with Gasteiger partial charge in [0.25, 0.3) is 0 Å². The van der Waals surface area contributed by atoms with Crippen molar-refractivity contribution in [3.05, 3.63) is 65.3 Å². The molecule has 1 aliphatic heterocycles. The number of ether oxygens (including phenoxy) is 1. The third-order valence-corrected chi connectivity index (χ3v) is 3.85. The van der Waals surface area contributed by atoms with Gasteiger partial charge in [-0.2, -0.15) is 0 Å². The Balaban J connectivity index is 1.69. The summed E-state index contributed by atoms with van der Waals surface area (Å²) in [6.07, 6.45) is 0. The van der Waals surface area contributed by atoms with Gasteiger partial charge in [0.2, 0.25) is 5.88 Å². The van der Waals surface area contributed by atoms with Gasteiger partial charge in [-0.1, -0.05) is 12.1 Å². The van der Waals surface area contributed by atoms with Gasteiger partial charge >= 0.3 is 7.12 Å². The highest BCUT2D eigenvalue weighted by Crippen LogP contribution is 2.28. The molecule has 1 aromatic heterocycles. The summed E-state index contributed by atoms with van der Waals surface area (Å²) in [5, 5.41) is 9.89. The van der Waals surface area contributed by atoms with Crippen LogP contribution in [0.3, 0.4) is 0 Å². The highest BCUT2D eigenvalue weighted by molar-refractivity contribution is 6.61. The van der Waals surface area contributed by atoms with Crippen molar-refractivity contribution in [1.29, 1.82) is 0 Å². The number of benzene rings is 2. The van der Waals surface area contributed by atoms with Crippen LogP contribution >= 0.6 is 0 Å². The number of fused-ring (bicyclic) bond motifs is 2. The van der Waals surface area contributed by atoms with Crippen molar-refractivity contribution in [1.82, 2.24) is 4.98 Å². The minimum atomic E-state index is -0.915. The first kappa shape index (κ1) is 14.6. The second kappa shape index (κ2) is 5.60. The van der Waals surface area contributed by atoms with Crippen LogP contribution in [0.15, 0.2) is 42.5 Å². The molecule has 2 heterocycles. The molecule has 116 valence electrons. The molecule has 0 unspecified atom stereocenters. The molecule has 0 bridgehead atoms. The van der Waals surface area contributed by atoms with Crippen LogP contribution in [0.1, 0.15) is 5.56 Å². The fraction of sp³-hybridized carbons (Fsp3) is 0.0588. The average molecular weight is 320 g/mol. The average Bonchev–Trinajstić information content (AvgIpc) is 2.95. The third-order valence-electron chi connectivity index (χ3n) is 3.85. The molecule has 2 aromatic carbocycles. The lowest BCUT2D eigenvalue weighted by Crippen LogP contribution is -2.27. The van der Waals surface area contributed by atoms with Gasteiger partial charge in [-0.05, 0) is 35.3 Å². The lowest BCUT2D eigenvalue weighted by Gasteiger charge is -2.08. The maximum absolute atomic E-state index is 14.3. The largest absolute Gasteiger partial charge is 0.491 e. The molecular weight excluding hydrogens is 310 g/mol. The molecule has 1 aliphatic rings. The Bertz CT molecular complexity index is 1000. The van der Waals surface area contributed by atoms with Gasteiger partial charge in [-0.3, -0.25) is 0 Å². The van der Waals surface area contributed by atoms with E-state index in [2.05, 4.69) is 9.83 Å². The monoisotopic (exact) mass is 320 g/mol. The van der Waals surface area contributed by atoms with Gasteiger partial charge in [0.05, 0.1) is 18.7 Å². The molecular formula is C17H10BFN2O3. The first-order valence-electron chi connectivity index (χ1n) is 7.22. The van der Waals surface area contributed by atoms with E-state index >= 15 is 0 Å². The zero-order valence-electron chi connectivity index (χ0n) is 12.4. The molecule has 0 spiro atoms. The predicted molar refractivity (Wildman–Crippen MR) is 86.9 cm³/mol. The van der Waals surface area contributed by atoms with Crippen LogP contribution in [0.5, 0.6) is 11.6 Å². The Hall–Kier alpha value is -2.95. The number of hydrogen-bond donors (Lipinski definition) is 1. The fourth-order valence-electron chi connectivity index (χ4n) is 2.66. The zero-order valence-corrected chi connectivity index (χ0v) is 12.4. The quantitative estimate of drug-likeness (QED) is 0.583. The first-order chi connectivity index (χ1) is 11.6. The molecule has 0 amide bonds. The van der Waals surface area contributed by atoms with Crippen molar-refractivity contribution in [3.63, 3.8) is 0 Å². The van der Waals surface area contributed by atoms with Crippen LogP contribution in [0, 0.1) is 12.4 Å². The summed E-state index contributed by atoms with van der Waals surface area (Å²) >= 11 is 0. The van der Waals surface area contributed by atoms with Crippen molar-refractivity contribution in [2.75, 3.05) is 0 Å². The molecule has 0 radical (unpaired) electrons. The molecule has 7 heteroatoms. The third kappa shape index (κ3) is 2.48. The number of pyridine rings is 1. The first-order valence-corrected chi connectivity index (χ1v) is 7.22. The Kier molecular flexibility index (Phi) is 3.42. The van der Waals surface area contributed by atoms with Gasteiger partial charge in [0, 0.05) is 11.5 Å². The summed E-state index contributed by atoms with van der Waals surface area (Å²) in [5.74, 6) is 0.103. The molecule has 24 heavy (non-hydrogen) atoms. The highest BCUT2D eigenvalue weighted by atomic mass is 19.1. The van der Waals surface area contributed by atoms with Gasteiger partial charge in [0.15, 0.2) is 5.69 Å². The normalized spacial score (nSPS) is 13.0. The summed E-state index contributed by atoms with van der Waals surface area (Å²) < 4.78 is 25.0.